The second-order valence-corrected chi connectivity index (χ2v) is 4.78. The molecule has 2 rings (SSSR count). The van der Waals surface area contributed by atoms with Gasteiger partial charge in [-0.15, -0.1) is 0 Å². The molecule has 0 radical (unpaired) electrons. The summed E-state index contributed by atoms with van der Waals surface area (Å²) >= 11 is 3.44. The van der Waals surface area contributed by atoms with Crippen molar-refractivity contribution in [3.8, 4) is 5.75 Å². The highest BCUT2D eigenvalue weighted by Crippen LogP contribution is 2.28. The van der Waals surface area contributed by atoms with Crippen LogP contribution < -0.4 is 4.74 Å². The lowest BCUT2D eigenvalue weighted by molar-refractivity contribution is 0.0991. The van der Waals surface area contributed by atoms with Crippen LogP contribution in [-0.4, -0.2) is 12.9 Å². The Labute approximate surface area is 115 Å². The Bertz CT molecular complexity index is 520. The van der Waals surface area contributed by atoms with E-state index in [4.69, 9.17) is 4.74 Å². The van der Waals surface area contributed by atoms with Gasteiger partial charge in [-0.2, -0.15) is 0 Å². The van der Waals surface area contributed by atoms with Crippen molar-refractivity contribution in [3.05, 3.63) is 65.7 Å². The van der Waals surface area contributed by atoms with E-state index in [0.717, 1.165) is 11.3 Å². The van der Waals surface area contributed by atoms with E-state index in [2.05, 4.69) is 15.9 Å². The standard InChI is InChI=1S/C15H13BrO2/c1-18-13-9-7-11(8-10-13)14(16)15(17)12-5-3-2-4-6-12/h2-10,14H,1H3/t14-/m0/s1. The largest absolute Gasteiger partial charge is 0.497 e. The summed E-state index contributed by atoms with van der Waals surface area (Å²) in [4.78, 5) is 11.9. The van der Waals surface area contributed by atoms with Crippen LogP contribution in [-0.2, 0) is 0 Å². The van der Waals surface area contributed by atoms with Crippen LogP contribution in [0.4, 0.5) is 0 Å². The van der Waals surface area contributed by atoms with Crippen molar-refractivity contribution < 1.29 is 9.53 Å². The molecule has 0 saturated heterocycles. The van der Waals surface area contributed by atoms with Gasteiger partial charge in [-0.3, -0.25) is 4.79 Å². The molecular weight excluding hydrogens is 292 g/mol. The number of alkyl halides is 1. The Balaban J connectivity index is 2.20. The minimum absolute atomic E-state index is 0.0563. The van der Waals surface area contributed by atoms with E-state index in [9.17, 15) is 4.79 Å². The van der Waals surface area contributed by atoms with Crippen molar-refractivity contribution in [2.75, 3.05) is 7.11 Å². The molecule has 0 saturated carbocycles. The van der Waals surface area contributed by atoms with Crippen LogP contribution in [0.3, 0.4) is 0 Å². The number of halogens is 1. The molecule has 0 unspecified atom stereocenters. The summed E-state index contributed by atoms with van der Waals surface area (Å²) in [5.74, 6) is 0.839. The Kier molecular flexibility index (Phi) is 4.15. The minimum Gasteiger partial charge on any atom is -0.497 e. The van der Waals surface area contributed by atoms with Gasteiger partial charge in [0, 0.05) is 5.56 Å². The SMILES string of the molecule is COc1ccc([C@H](Br)C(=O)c2ccccc2)cc1. The average molecular weight is 305 g/mol. The van der Waals surface area contributed by atoms with Crippen molar-refractivity contribution in [2.45, 2.75) is 4.83 Å². The molecule has 0 spiro atoms. The Morgan fingerprint density at radius 1 is 1.06 bits per heavy atom. The van der Waals surface area contributed by atoms with Gasteiger partial charge >= 0.3 is 0 Å². The van der Waals surface area contributed by atoms with Crippen LogP contribution in [0.1, 0.15) is 20.7 Å². The van der Waals surface area contributed by atoms with Gasteiger partial charge < -0.3 is 4.74 Å². The van der Waals surface area contributed by atoms with Gasteiger partial charge in [0.1, 0.15) is 10.6 Å². The first-order chi connectivity index (χ1) is 8.72. The van der Waals surface area contributed by atoms with Gasteiger partial charge in [0.2, 0.25) is 0 Å². The van der Waals surface area contributed by atoms with Crippen molar-refractivity contribution in [3.63, 3.8) is 0 Å². The van der Waals surface area contributed by atoms with E-state index >= 15 is 0 Å². The van der Waals surface area contributed by atoms with Gasteiger partial charge in [-0.1, -0.05) is 58.4 Å². The molecule has 0 bridgehead atoms. The lowest BCUT2D eigenvalue weighted by Gasteiger charge is -2.10. The van der Waals surface area contributed by atoms with Crippen LogP contribution in [0.5, 0.6) is 5.75 Å². The molecule has 0 amide bonds. The third-order valence-electron chi connectivity index (χ3n) is 2.70. The van der Waals surface area contributed by atoms with E-state index in [-0.39, 0.29) is 10.6 Å². The highest BCUT2D eigenvalue weighted by Gasteiger charge is 2.18. The van der Waals surface area contributed by atoms with E-state index in [1.807, 2.05) is 54.6 Å². The van der Waals surface area contributed by atoms with Gasteiger partial charge in [0.25, 0.3) is 0 Å². The summed E-state index contributed by atoms with van der Waals surface area (Å²) in [7, 11) is 1.62. The van der Waals surface area contributed by atoms with Gasteiger partial charge in [-0.05, 0) is 17.7 Å². The maximum absolute atomic E-state index is 12.2. The molecule has 18 heavy (non-hydrogen) atoms. The third-order valence-corrected chi connectivity index (χ3v) is 3.64. The molecular formula is C15H13BrO2. The highest BCUT2D eigenvalue weighted by molar-refractivity contribution is 9.09. The zero-order valence-corrected chi connectivity index (χ0v) is 11.6. The van der Waals surface area contributed by atoms with E-state index < -0.39 is 0 Å². The maximum Gasteiger partial charge on any atom is 0.180 e. The predicted octanol–water partition coefficient (Wildman–Crippen LogP) is 4.01. The number of carbonyl (C=O) groups is 1. The van der Waals surface area contributed by atoms with E-state index in [0.29, 0.717) is 5.56 Å². The summed E-state index contributed by atoms with van der Waals surface area (Å²) < 4.78 is 5.09. The molecule has 3 heteroatoms. The van der Waals surface area contributed by atoms with Crippen molar-refractivity contribution in [2.24, 2.45) is 0 Å². The number of methoxy groups -OCH3 is 1. The first-order valence-corrected chi connectivity index (χ1v) is 6.51. The smallest absolute Gasteiger partial charge is 0.180 e. The maximum atomic E-state index is 12.2. The predicted molar refractivity (Wildman–Crippen MR) is 75.4 cm³/mol. The fourth-order valence-electron chi connectivity index (χ4n) is 1.67. The molecule has 92 valence electrons. The topological polar surface area (TPSA) is 26.3 Å². The fraction of sp³-hybridized carbons (Fsp3) is 0.133. The van der Waals surface area contributed by atoms with E-state index in [1.165, 1.54) is 0 Å². The van der Waals surface area contributed by atoms with Crippen molar-refractivity contribution in [1.82, 2.24) is 0 Å². The Morgan fingerprint density at radius 2 is 1.67 bits per heavy atom. The van der Waals surface area contributed by atoms with Crippen molar-refractivity contribution in [1.29, 1.82) is 0 Å². The summed E-state index contributed by atoms with van der Waals surface area (Å²) in [6.45, 7) is 0. The third kappa shape index (κ3) is 2.79. The monoisotopic (exact) mass is 304 g/mol. The number of Topliss-reactive ketones (excluding diaryl/α,β-unsaturated/α-hetero) is 1. The number of ether oxygens (including phenoxy) is 1. The first kappa shape index (κ1) is 12.8. The molecule has 2 aromatic rings. The molecule has 0 aliphatic heterocycles. The number of ketones is 1. The average Bonchev–Trinajstić information content (AvgIpc) is 2.47. The normalized spacial score (nSPS) is 11.9. The van der Waals surface area contributed by atoms with Gasteiger partial charge in [0.15, 0.2) is 5.78 Å². The lowest BCUT2D eigenvalue weighted by Crippen LogP contribution is -2.06. The Hall–Kier alpha value is -1.61. The fourth-order valence-corrected chi connectivity index (χ4v) is 2.24. The molecule has 0 N–H and O–H groups in total. The number of hydrogen-bond acceptors (Lipinski definition) is 2. The molecule has 0 fully saturated rings. The molecule has 1 atom stereocenters. The van der Waals surface area contributed by atoms with Crippen LogP contribution >= 0.6 is 15.9 Å². The summed E-state index contributed by atoms with van der Waals surface area (Å²) in [6.07, 6.45) is 0. The molecule has 0 heterocycles. The van der Waals surface area contributed by atoms with Crippen LogP contribution in [0.2, 0.25) is 0 Å². The second kappa shape index (κ2) is 5.83. The summed E-state index contributed by atoms with van der Waals surface area (Å²) in [6, 6.07) is 16.7. The first-order valence-electron chi connectivity index (χ1n) is 5.59. The summed E-state index contributed by atoms with van der Waals surface area (Å²) in [5, 5.41) is 0. The molecule has 0 aromatic heterocycles. The van der Waals surface area contributed by atoms with Gasteiger partial charge in [-0.25, -0.2) is 0 Å². The molecule has 2 aromatic carbocycles. The van der Waals surface area contributed by atoms with Crippen molar-refractivity contribution >= 4 is 21.7 Å². The zero-order chi connectivity index (χ0) is 13.0. The number of hydrogen-bond donors (Lipinski definition) is 0. The minimum atomic E-state index is -0.328. The number of rotatable bonds is 4. The molecule has 0 aliphatic carbocycles. The number of carbonyl (C=O) groups excluding carboxylic acids is 1. The zero-order valence-electron chi connectivity index (χ0n) is 9.97. The Morgan fingerprint density at radius 3 is 2.22 bits per heavy atom. The highest BCUT2D eigenvalue weighted by atomic mass is 79.9. The van der Waals surface area contributed by atoms with Crippen LogP contribution in [0, 0.1) is 0 Å². The van der Waals surface area contributed by atoms with E-state index in [1.54, 1.807) is 7.11 Å². The molecule has 0 aliphatic rings. The lowest BCUT2D eigenvalue weighted by atomic mass is 10.0. The van der Waals surface area contributed by atoms with Gasteiger partial charge in [0.05, 0.1) is 7.11 Å². The summed E-state index contributed by atoms with van der Waals surface area (Å²) in [5.41, 5.74) is 1.62. The number of benzene rings is 2. The van der Waals surface area contributed by atoms with Crippen LogP contribution in [0.25, 0.3) is 0 Å². The quantitative estimate of drug-likeness (QED) is 0.630. The van der Waals surface area contributed by atoms with Crippen LogP contribution in [0.15, 0.2) is 54.6 Å². The second-order valence-electron chi connectivity index (χ2n) is 3.87. The molecule has 2 nitrogen and oxygen atoms in total.